The molecule has 4 rings (SSSR count). The molecule has 8 nitrogen and oxygen atoms in total. The van der Waals surface area contributed by atoms with Gasteiger partial charge in [0.15, 0.2) is 0 Å². The second-order valence-electron chi connectivity index (χ2n) is 11.6. The first-order valence-corrected chi connectivity index (χ1v) is 17.3. The molecule has 2 atom stereocenters. The van der Waals surface area contributed by atoms with Crippen molar-refractivity contribution in [3.8, 4) is 5.75 Å². The van der Waals surface area contributed by atoms with E-state index in [9.17, 15) is 18.0 Å². The largest absolute Gasteiger partial charge is 0.489 e. The maximum absolute atomic E-state index is 14.3. The Labute approximate surface area is 273 Å². The Balaban J connectivity index is 1.65. The summed E-state index contributed by atoms with van der Waals surface area (Å²) in [5, 5.41) is 3.05. The Morgan fingerprint density at radius 2 is 1.43 bits per heavy atom. The van der Waals surface area contributed by atoms with Crippen molar-refractivity contribution in [2.45, 2.75) is 58.8 Å². The van der Waals surface area contributed by atoms with E-state index in [4.69, 9.17) is 4.74 Å². The second-order valence-corrected chi connectivity index (χ2v) is 13.5. The van der Waals surface area contributed by atoms with Crippen LogP contribution >= 0.6 is 0 Å². The first kappa shape index (κ1) is 34.2. The van der Waals surface area contributed by atoms with Crippen molar-refractivity contribution in [1.29, 1.82) is 0 Å². The lowest BCUT2D eigenvalue weighted by Gasteiger charge is -2.34. The third kappa shape index (κ3) is 9.94. The Bertz CT molecular complexity index is 1680. The third-order valence-electron chi connectivity index (χ3n) is 7.76. The van der Waals surface area contributed by atoms with Crippen molar-refractivity contribution >= 4 is 27.5 Å². The first-order valence-electron chi connectivity index (χ1n) is 15.5. The fraction of sp³-hybridized carbons (Fsp3) is 0.297. The van der Waals surface area contributed by atoms with Crippen molar-refractivity contribution in [3.63, 3.8) is 0 Å². The van der Waals surface area contributed by atoms with Crippen LogP contribution in [-0.2, 0) is 39.2 Å². The number of sulfonamides is 1. The number of nitrogens with zero attached hydrogens (tertiary/aromatic N) is 2. The van der Waals surface area contributed by atoms with Gasteiger partial charge in [0.2, 0.25) is 21.8 Å². The van der Waals surface area contributed by atoms with Gasteiger partial charge in [-0.15, -0.1) is 0 Å². The van der Waals surface area contributed by atoms with E-state index in [1.54, 1.807) is 24.3 Å². The van der Waals surface area contributed by atoms with E-state index >= 15 is 0 Å². The third-order valence-corrected chi connectivity index (χ3v) is 8.90. The molecule has 0 fully saturated rings. The van der Waals surface area contributed by atoms with Crippen molar-refractivity contribution < 1.29 is 22.7 Å². The van der Waals surface area contributed by atoms with Gasteiger partial charge >= 0.3 is 0 Å². The van der Waals surface area contributed by atoms with Gasteiger partial charge in [0.05, 0.1) is 11.9 Å². The van der Waals surface area contributed by atoms with Gasteiger partial charge in [-0.05, 0) is 61.2 Å². The lowest BCUT2D eigenvalue weighted by atomic mass is 10.0. The van der Waals surface area contributed by atoms with E-state index in [-0.39, 0.29) is 24.9 Å². The standard InChI is InChI=1S/C37H43N3O5S/c1-5-29(3)38-37(42)35(24-30-14-8-6-9-15-30)39(25-32-18-12-13-28(2)23-32)36(41)26-40(46(4,43)44)33-19-21-34(22-20-33)45-27-31-16-10-7-11-17-31/h6-23,29,35H,5,24-27H2,1-4H3,(H,38,42)/t29-,35-/m1/s1. The van der Waals surface area contributed by atoms with Crippen LogP contribution in [0, 0.1) is 6.92 Å². The number of aryl methyl sites for hydroxylation is 1. The normalized spacial score (nSPS) is 12.5. The molecule has 4 aromatic carbocycles. The van der Waals surface area contributed by atoms with Crippen LogP contribution in [0.5, 0.6) is 5.75 Å². The molecule has 2 amide bonds. The van der Waals surface area contributed by atoms with Crippen LogP contribution in [0.4, 0.5) is 5.69 Å². The molecule has 0 aliphatic heterocycles. The molecule has 0 heterocycles. The van der Waals surface area contributed by atoms with E-state index in [0.717, 1.165) is 39.2 Å². The van der Waals surface area contributed by atoms with Crippen LogP contribution in [-0.4, -0.2) is 50.0 Å². The van der Waals surface area contributed by atoms with Crippen LogP contribution in [0.3, 0.4) is 0 Å². The number of anilines is 1. The zero-order valence-corrected chi connectivity index (χ0v) is 27.7. The molecule has 0 spiro atoms. The molecule has 0 saturated heterocycles. The average molecular weight is 642 g/mol. The average Bonchev–Trinajstić information content (AvgIpc) is 3.05. The van der Waals surface area contributed by atoms with E-state index in [1.165, 1.54) is 4.90 Å². The number of rotatable bonds is 15. The maximum Gasteiger partial charge on any atom is 0.244 e. The number of ether oxygens (including phenoxy) is 1. The minimum atomic E-state index is -3.88. The van der Waals surface area contributed by atoms with Crippen LogP contribution in [0.25, 0.3) is 0 Å². The van der Waals surface area contributed by atoms with Gasteiger partial charge in [0.25, 0.3) is 0 Å². The highest BCUT2D eigenvalue weighted by Crippen LogP contribution is 2.24. The smallest absolute Gasteiger partial charge is 0.244 e. The van der Waals surface area contributed by atoms with E-state index in [2.05, 4.69) is 5.32 Å². The summed E-state index contributed by atoms with van der Waals surface area (Å²) < 4.78 is 33.2. The SMILES string of the molecule is CC[C@@H](C)NC(=O)[C@@H](Cc1ccccc1)N(Cc1cccc(C)c1)C(=O)CN(c1ccc(OCc2ccccc2)cc1)S(C)(=O)=O. The van der Waals surface area contributed by atoms with E-state index < -0.39 is 28.5 Å². The molecule has 0 saturated carbocycles. The number of carbonyl (C=O) groups excluding carboxylic acids is 2. The minimum Gasteiger partial charge on any atom is -0.489 e. The Kier molecular flexibility index (Phi) is 12.0. The molecule has 0 aliphatic carbocycles. The Morgan fingerprint density at radius 1 is 0.826 bits per heavy atom. The Hall–Kier alpha value is -4.63. The van der Waals surface area contributed by atoms with Gasteiger partial charge in [-0.1, -0.05) is 97.4 Å². The van der Waals surface area contributed by atoms with E-state index in [0.29, 0.717) is 18.0 Å². The van der Waals surface area contributed by atoms with E-state index in [1.807, 2.05) is 106 Å². The topological polar surface area (TPSA) is 96.0 Å². The molecule has 0 bridgehead atoms. The first-order chi connectivity index (χ1) is 22.0. The lowest BCUT2D eigenvalue weighted by Crippen LogP contribution is -2.54. The van der Waals surface area contributed by atoms with Gasteiger partial charge < -0.3 is 15.0 Å². The van der Waals surface area contributed by atoms with Crippen molar-refractivity contribution in [3.05, 3.63) is 131 Å². The Morgan fingerprint density at radius 3 is 2.02 bits per heavy atom. The molecule has 0 aliphatic rings. The summed E-state index contributed by atoms with van der Waals surface area (Å²) >= 11 is 0. The summed E-state index contributed by atoms with van der Waals surface area (Å²) in [4.78, 5) is 29.6. The molecule has 0 aromatic heterocycles. The highest BCUT2D eigenvalue weighted by molar-refractivity contribution is 7.92. The van der Waals surface area contributed by atoms with Gasteiger partial charge in [-0.25, -0.2) is 8.42 Å². The molecule has 0 unspecified atom stereocenters. The van der Waals surface area contributed by atoms with Gasteiger partial charge in [-0.3, -0.25) is 13.9 Å². The fourth-order valence-corrected chi connectivity index (χ4v) is 5.92. The van der Waals surface area contributed by atoms with Crippen molar-refractivity contribution in [2.24, 2.45) is 0 Å². The summed E-state index contributed by atoms with van der Waals surface area (Å²) in [6.07, 6.45) is 2.07. The number of hydrogen-bond acceptors (Lipinski definition) is 5. The maximum atomic E-state index is 14.3. The van der Waals surface area contributed by atoms with Gasteiger partial charge in [0, 0.05) is 19.0 Å². The van der Waals surface area contributed by atoms with Crippen molar-refractivity contribution in [1.82, 2.24) is 10.2 Å². The lowest BCUT2D eigenvalue weighted by molar-refractivity contribution is -0.140. The predicted octanol–water partition coefficient (Wildman–Crippen LogP) is 5.89. The summed E-state index contributed by atoms with van der Waals surface area (Å²) in [7, 11) is -3.88. The summed E-state index contributed by atoms with van der Waals surface area (Å²) in [5.41, 5.74) is 4.07. The van der Waals surface area contributed by atoms with Crippen molar-refractivity contribution in [2.75, 3.05) is 17.1 Å². The quantitative estimate of drug-likeness (QED) is 0.175. The molecule has 0 radical (unpaired) electrons. The number of benzene rings is 4. The van der Waals surface area contributed by atoms with Crippen LogP contribution < -0.4 is 14.4 Å². The molecule has 4 aromatic rings. The molecular weight excluding hydrogens is 598 g/mol. The minimum absolute atomic E-state index is 0.100. The molecule has 242 valence electrons. The number of amides is 2. The molecule has 46 heavy (non-hydrogen) atoms. The van der Waals surface area contributed by atoms with Crippen LogP contribution in [0.1, 0.15) is 42.5 Å². The summed E-state index contributed by atoms with van der Waals surface area (Å²) in [6, 6.07) is 32.6. The number of hydrogen-bond donors (Lipinski definition) is 1. The second kappa shape index (κ2) is 16.1. The number of nitrogens with one attached hydrogen (secondary N) is 1. The highest BCUT2D eigenvalue weighted by Gasteiger charge is 2.33. The zero-order valence-electron chi connectivity index (χ0n) is 26.9. The predicted molar refractivity (Wildman–Crippen MR) is 183 cm³/mol. The zero-order chi connectivity index (χ0) is 33.1. The van der Waals surface area contributed by atoms with Gasteiger partial charge in [-0.2, -0.15) is 0 Å². The molecular formula is C37H43N3O5S. The monoisotopic (exact) mass is 641 g/mol. The summed E-state index contributed by atoms with van der Waals surface area (Å²) in [5.74, 6) is -0.209. The summed E-state index contributed by atoms with van der Waals surface area (Å²) in [6.45, 7) is 5.89. The van der Waals surface area contributed by atoms with Crippen LogP contribution in [0.2, 0.25) is 0 Å². The molecule has 1 N–H and O–H groups in total. The fourth-order valence-electron chi connectivity index (χ4n) is 5.07. The van der Waals surface area contributed by atoms with Gasteiger partial charge in [0.1, 0.15) is 24.9 Å². The number of carbonyl (C=O) groups is 2. The highest BCUT2D eigenvalue weighted by atomic mass is 32.2. The van der Waals surface area contributed by atoms with Crippen LogP contribution in [0.15, 0.2) is 109 Å². The molecule has 9 heteroatoms.